The van der Waals surface area contributed by atoms with Crippen molar-refractivity contribution in [3.8, 4) is 22.8 Å². The molecule has 0 unspecified atom stereocenters. The van der Waals surface area contributed by atoms with E-state index in [0.29, 0.717) is 66.0 Å². The first kappa shape index (κ1) is 49.3. The SMILES string of the molecule is CCCCCCC(CCCCCC)n1c(=O)c2cc3nc(-c4ccccc4)[nH]c4cc5c(=O)n(C(CCCCCC)CCCCCC)c(=O)c6cc7nc(-c8ccccc8)[nH]c8cc(c1=O)c2c1c3c4c(c65)c7c81. The number of nitrogens with zero attached hydrogens (tertiary/aromatic N) is 4. The Morgan fingerprint density at radius 3 is 1.03 bits per heavy atom. The van der Waals surface area contributed by atoms with Gasteiger partial charge in [-0.25, -0.2) is 9.97 Å². The first-order chi connectivity index (χ1) is 36.3. The minimum absolute atomic E-state index is 0.256. The smallest absolute Gasteiger partial charge is 0.261 e. The molecular formula is C64H70N6O4. The molecule has 0 spiro atoms. The molecule has 380 valence electrons. The van der Waals surface area contributed by atoms with Crippen LogP contribution in [0.4, 0.5) is 0 Å². The van der Waals surface area contributed by atoms with E-state index in [2.05, 4.69) is 37.7 Å². The molecule has 0 aliphatic carbocycles. The predicted octanol–water partition coefficient (Wildman–Crippen LogP) is 16.0. The third kappa shape index (κ3) is 8.52. The van der Waals surface area contributed by atoms with E-state index in [0.717, 1.165) is 172 Å². The van der Waals surface area contributed by atoms with Crippen molar-refractivity contribution in [3.05, 3.63) is 126 Å². The molecule has 74 heavy (non-hydrogen) atoms. The van der Waals surface area contributed by atoms with Crippen LogP contribution in [0.15, 0.2) is 104 Å². The molecule has 0 aliphatic heterocycles. The lowest BCUT2D eigenvalue weighted by Crippen LogP contribution is -2.37. The Morgan fingerprint density at radius 1 is 0.378 bits per heavy atom. The highest BCUT2D eigenvalue weighted by atomic mass is 16.2. The van der Waals surface area contributed by atoms with Crippen molar-refractivity contribution in [2.75, 3.05) is 0 Å². The first-order valence-corrected chi connectivity index (χ1v) is 28.2. The van der Waals surface area contributed by atoms with E-state index in [1.807, 2.05) is 84.9 Å². The van der Waals surface area contributed by atoms with Crippen molar-refractivity contribution in [3.63, 3.8) is 0 Å². The van der Waals surface area contributed by atoms with Gasteiger partial charge in [0, 0.05) is 77.3 Å². The van der Waals surface area contributed by atoms with Gasteiger partial charge in [0.1, 0.15) is 11.6 Å². The number of H-pyrrole nitrogens is 2. The molecule has 0 saturated heterocycles. The van der Waals surface area contributed by atoms with E-state index in [1.54, 1.807) is 9.13 Å². The summed E-state index contributed by atoms with van der Waals surface area (Å²) in [7, 11) is 0. The molecule has 2 N–H and O–H groups in total. The molecule has 0 saturated carbocycles. The van der Waals surface area contributed by atoms with Crippen LogP contribution in [0.3, 0.4) is 0 Å². The highest BCUT2D eigenvalue weighted by Crippen LogP contribution is 2.50. The van der Waals surface area contributed by atoms with Crippen molar-refractivity contribution >= 4 is 86.7 Å². The number of benzene rings is 7. The van der Waals surface area contributed by atoms with Gasteiger partial charge in [0.2, 0.25) is 0 Å². The molecule has 7 aromatic carbocycles. The number of aromatic amines is 2. The van der Waals surface area contributed by atoms with Crippen LogP contribution in [0.1, 0.15) is 168 Å². The van der Waals surface area contributed by atoms with Crippen molar-refractivity contribution in [1.82, 2.24) is 29.1 Å². The van der Waals surface area contributed by atoms with Gasteiger partial charge in [-0.2, -0.15) is 0 Å². The van der Waals surface area contributed by atoms with Gasteiger partial charge in [0.15, 0.2) is 0 Å². The van der Waals surface area contributed by atoms with Crippen molar-refractivity contribution in [1.29, 1.82) is 0 Å². The van der Waals surface area contributed by atoms with Crippen LogP contribution >= 0.6 is 0 Å². The molecular weight excluding hydrogens is 917 g/mol. The molecule has 11 aromatic rings. The summed E-state index contributed by atoms with van der Waals surface area (Å²) in [5, 5.41) is 7.65. The van der Waals surface area contributed by atoms with Gasteiger partial charge < -0.3 is 9.97 Å². The van der Waals surface area contributed by atoms with Crippen LogP contribution in [0.2, 0.25) is 0 Å². The Labute approximate surface area is 431 Å². The minimum Gasteiger partial charge on any atom is -0.339 e. The standard InChI is InChI=1S/C64H70N6O4/c1-5-9-13-23-31-41(32-24-14-10-6-2)69-61(71)43-35-47-53-55-49(67-59(65-47)39-27-19-17-20-28-39)37-45-52-46(64(74)70(63(45)73)42(33-25-15-11-7-3)34-26-16-12-8-4)38-50-56(58(52)55)54-48(36-44(62(69)72)51(43)57(53)54)66-60(68-50)40-29-21-18-22-30-40/h17-22,27-30,35-38,41-42H,5-16,23-26,31-34H2,1-4H3,(H,65,67)(H,66,68). The zero-order valence-electron chi connectivity index (χ0n) is 43.8. The zero-order chi connectivity index (χ0) is 51.0. The fourth-order valence-electron chi connectivity index (χ4n) is 12.7. The summed E-state index contributed by atoms with van der Waals surface area (Å²) in [6.07, 6.45) is 19.8. The number of nitrogens with one attached hydrogen (secondary N) is 2. The molecule has 10 heteroatoms. The Balaban J connectivity index is 1.32. The summed E-state index contributed by atoms with van der Waals surface area (Å²) in [5.41, 5.74) is 3.04. The largest absolute Gasteiger partial charge is 0.339 e. The topological polar surface area (TPSA) is 136 Å². The third-order valence-corrected chi connectivity index (χ3v) is 16.4. The maximum Gasteiger partial charge on any atom is 0.261 e. The van der Waals surface area contributed by atoms with Gasteiger partial charge in [0.25, 0.3) is 22.2 Å². The summed E-state index contributed by atoms with van der Waals surface area (Å²) in [4.78, 5) is 80.9. The third-order valence-electron chi connectivity index (χ3n) is 16.4. The summed E-state index contributed by atoms with van der Waals surface area (Å²) in [6, 6.07) is 27.1. The molecule has 4 heterocycles. The number of pyridine rings is 2. The van der Waals surface area contributed by atoms with E-state index in [4.69, 9.17) is 9.97 Å². The van der Waals surface area contributed by atoms with Crippen LogP contribution in [-0.2, 0) is 0 Å². The van der Waals surface area contributed by atoms with Gasteiger partial charge in [-0.3, -0.25) is 28.3 Å². The second kappa shape index (κ2) is 21.1. The number of aromatic nitrogens is 6. The van der Waals surface area contributed by atoms with E-state index < -0.39 is 0 Å². The Hall–Kier alpha value is -6.94. The molecule has 0 aliphatic rings. The molecule has 11 rings (SSSR count). The fraction of sp³-hybridized carbons (Fsp3) is 0.406. The lowest BCUT2D eigenvalue weighted by Gasteiger charge is -2.23. The van der Waals surface area contributed by atoms with Gasteiger partial charge in [0.05, 0.1) is 32.6 Å². The number of unbranched alkanes of at least 4 members (excludes halogenated alkanes) is 12. The van der Waals surface area contributed by atoms with Crippen LogP contribution in [-0.4, -0.2) is 29.1 Å². The van der Waals surface area contributed by atoms with Gasteiger partial charge in [-0.1, -0.05) is 191 Å². The van der Waals surface area contributed by atoms with Gasteiger partial charge >= 0.3 is 0 Å². The molecule has 4 aromatic heterocycles. The van der Waals surface area contributed by atoms with Crippen LogP contribution in [0, 0.1) is 0 Å². The Morgan fingerprint density at radius 2 is 0.703 bits per heavy atom. The molecule has 10 nitrogen and oxygen atoms in total. The second-order valence-corrected chi connectivity index (χ2v) is 21.4. The second-order valence-electron chi connectivity index (χ2n) is 21.4. The van der Waals surface area contributed by atoms with Crippen LogP contribution < -0.4 is 22.2 Å². The normalized spacial score (nSPS) is 12.5. The van der Waals surface area contributed by atoms with E-state index in [-0.39, 0.29) is 34.3 Å². The van der Waals surface area contributed by atoms with Gasteiger partial charge in [-0.05, 0) is 49.9 Å². The Bertz CT molecular complexity index is 3560. The van der Waals surface area contributed by atoms with E-state index >= 15 is 19.2 Å². The maximum absolute atomic E-state index is 15.6. The molecule has 0 atom stereocenters. The first-order valence-electron chi connectivity index (χ1n) is 28.2. The van der Waals surface area contributed by atoms with Gasteiger partial charge in [-0.15, -0.1) is 0 Å². The summed E-state index contributed by atoms with van der Waals surface area (Å²) >= 11 is 0. The lowest BCUT2D eigenvalue weighted by atomic mass is 9.84. The number of hydrogen-bond donors (Lipinski definition) is 2. The minimum atomic E-state index is -0.288. The van der Waals surface area contributed by atoms with Crippen molar-refractivity contribution in [2.24, 2.45) is 0 Å². The summed E-state index contributed by atoms with van der Waals surface area (Å²) < 4.78 is 3.19. The highest BCUT2D eigenvalue weighted by molar-refractivity contribution is 6.48. The lowest BCUT2D eigenvalue weighted by molar-refractivity contribution is 0.384. The molecule has 0 fully saturated rings. The van der Waals surface area contributed by atoms with E-state index in [9.17, 15) is 0 Å². The number of hydrogen-bond acceptors (Lipinski definition) is 6. The highest BCUT2D eigenvalue weighted by Gasteiger charge is 2.31. The quantitative estimate of drug-likeness (QED) is 0.0352. The van der Waals surface area contributed by atoms with Crippen molar-refractivity contribution in [2.45, 2.75) is 168 Å². The summed E-state index contributed by atoms with van der Waals surface area (Å²) in [6.45, 7) is 8.81. The van der Waals surface area contributed by atoms with Crippen LogP contribution in [0.5, 0.6) is 0 Å². The fourth-order valence-corrected chi connectivity index (χ4v) is 12.7. The number of rotatable bonds is 24. The average molecular weight is 987 g/mol. The Kier molecular flexibility index (Phi) is 14.1. The average Bonchev–Trinajstić information content (AvgIpc) is 3.70. The summed E-state index contributed by atoms with van der Waals surface area (Å²) in [5.74, 6) is 1.13. The van der Waals surface area contributed by atoms with Crippen LogP contribution in [0.25, 0.3) is 109 Å². The predicted molar refractivity (Wildman–Crippen MR) is 309 cm³/mol. The van der Waals surface area contributed by atoms with E-state index in [1.165, 1.54) is 0 Å². The molecule has 0 amide bonds. The molecule has 0 bridgehead atoms. The molecule has 0 radical (unpaired) electrons. The monoisotopic (exact) mass is 987 g/mol. The van der Waals surface area contributed by atoms with Crippen molar-refractivity contribution < 1.29 is 0 Å². The maximum atomic E-state index is 15.6. The zero-order valence-corrected chi connectivity index (χ0v) is 43.8.